The monoisotopic (exact) mass is 357 g/mol. The minimum atomic E-state index is -3.82. The van der Waals surface area contributed by atoms with E-state index >= 15 is 0 Å². The number of carbonyl (C=O) groups excluding carboxylic acids is 1. The molecular formula is C20H23NO3S. The number of hydrogen-bond acceptors (Lipinski definition) is 3. The molecule has 2 rings (SSSR count). The topological polar surface area (TPSA) is 63.2 Å². The standard InChI is InChI=1S/C20H23NO3S/c1-3-4-10-19(17-8-6-5-7-9-17)20(21-15-22)25(23,24)18-13-11-16(2)12-14-18/h5-9,11-15H,3-4,10H2,1-2H3,(H,21,22). The highest BCUT2D eigenvalue weighted by molar-refractivity contribution is 7.95. The summed E-state index contributed by atoms with van der Waals surface area (Å²) in [6.45, 7) is 3.94. The summed E-state index contributed by atoms with van der Waals surface area (Å²) in [5, 5.41) is 2.42. The van der Waals surface area contributed by atoms with E-state index in [2.05, 4.69) is 5.32 Å². The maximum atomic E-state index is 13.1. The number of carbonyl (C=O) groups is 1. The molecule has 0 saturated carbocycles. The number of aryl methyl sites for hydroxylation is 1. The number of rotatable bonds is 8. The van der Waals surface area contributed by atoms with Gasteiger partial charge in [-0.2, -0.15) is 0 Å². The molecule has 0 spiro atoms. The first-order valence-corrected chi connectivity index (χ1v) is 9.79. The zero-order valence-electron chi connectivity index (χ0n) is 14.5. The van der Waals surface area contributed by atoms with E-state index in [0.717, 1.165) is 24.0 Å². The molecule has 5 heteroatoms. The van der Waals surface area contributed by atoms with Crippen LogP contribution in [0.25, 0.3) is 5.57 Å². The van der Waals surface area contributed by atoms with Gasteiger partial charge in [-0.05, 0) is 43.0 Å². The van der Waals surface area contributed by atoms with Crippen LogP contribution >= 0.6 is 0 Å². The smallest absolute Gasteiger partial charge is 0.222 e. The number of benzene rings is 2. The molecule has 132 valence electrons. The van der Waals surface area contributed by atoms with Crippen molar-refractivity contribution < 1.29 is 13.2 Å². The Morgan fingerprint density at radius 2 is 1.68 bits per heavy atom. The quantitative estimate of drug-likeness (QED) is 0.724. The molecule has 0 aliphatic carbocycles. The molecule has 0 heterocycles. The van der Waals surface area contributed by atoms with E-state index in [9.17, 15) is 13.2 Å². The van der Waals surface area contributed by atoms with Gasteiger partial charge in [-0.25, -0.2) is 8.42 Å². The van der Waals surface area contributed by atoms with E-state index in [1.54, 1.807) is 24.3 Å². The Balaban J connectivity index is 2.66. The van der Waals surface area contributed by atoms with E-state index < -0.39 is 9.84 Å². The van der Waals surface area contributed by atoms with Crippen LogP contribution < -0.4 is 5.32 Å². The number of sulfone groups is 1. The summed E-state index contributed by atoms with van der Waals surface area (Å²) in [4.78, 5) is 11.3. The number of amides is 1. The van der Waals surface area contributed by atoms with Crippen LogP contribution in [-0.4, -0.2) is 14.8 Å². The maximum absolute atomic E-state index is 13.1. The number of hydrogen-bond donors (Lipinski definition) is 1. The van der Waals surface area contributed by atoms with Crippen LogP contribution in [0.15, 0.2) is 64.5 Å². The van der Waals surface area contributed by atoms with Crippen molar-refractivity contribution in [3.8, 4) is 0 Å². The highest BCUT2D eigenvalue weighted by Gasteiger charge is 2.25. The molecule has 25 heavy (non-hydrogen) atoms. The van der Waals surface area contributed by atoms with Gasteiger partial charge in [0, 0.05) is 0 Å². The molecule has 0 aromatic heterocycles. The van der Waals surface area contributed by atoms with Crippen LogP contribution in [0, 0.1) is 6.92 Å². The van der Waals surface area contributed by atoms with Gasteiger partial charge in [0.1, 0.15) is 5.03 Å². The second-order valence-corrected chi connectivity index (χ2v) is 7.74. The lowest BCUT2D eigenvalue weighted by atomic mass is 10.0. The zero-order valence-corrected chi connectivity index (χ0v) is 15.3. The predicted molar refractivity (Wildman–Crippen MR) is 100 cm³/mol. The maximum Gasteiger partial charge on any atom is 0.222 e. The number of allylic oxidation sites excluding steroid dienone is 1. The van der Waals surface area contributed by atoms with Gasteiger partial charge in [0.15, 0.2) is 0 Å². The van der Waals surface area contributed by atoms with Crippen molar-refractivity contribution in [3.05, 3.63) is 70.8 Å². The minimum absolute atomic E-state index is 0.0361. The number of unbranched alkanes of at least 4 members (excludes halogenated alkanes) is 1. The Kier molecular flexibility index (Phi) is 6.53. The molecule has 2 aromatic rings. The van der Waals surface area contributed by atoms with Gasteiger partial charge in [-0.1, -0.05) is 61.4 Å². The zero-order chi connectivity index (χ0) is 18.3. The first-order chi connectivity index (χ1) is 12.0. The highest BCUT2D eigenvalue weighted by atomic mass is 32.2. The second kappa shape index (κ2) is 8.62. The predicted octanol–water partition coefficient (Wildman–Crippen LogP) is 4.07. The minimum Gasteiger partial charge on any atom is -0.319 e. The molecule has 0 bridgehead atoms. The van der Waals surface area contributed by atoms with Gasteiger partial charge in [0.2, 0.25) is 16.2 Å². The average Bonchev–Trinajstić information content (AvgIpc) is 2.62. The van der Waals surface area contributed by atoms with E-state index in [0.29, 0.717) is 18.4 Å². The third kappa shape index (κ3) is 4.57. The van der Waals surface area contributed by atoms with Crippen LogP contribution in [0.3, 0.4) is 0 Å². The first-order valence-electron chi connectivity index (χ1n) is 8.31. The Bertz CT molecular complexity index is 838. The summed E-state index contributed by atoms with van der Waals surface area (Å²) in [5.74, 6) is 0. The van der Waals surface area contributed by atoms with E-state index in [1.807, 2.05) is 44.2 Å². The highest BCUT2D eigenvalue weighted by Crippen LogP contribution is 2.29. The Morgan fingerprint density at radius 3 is 2.24 bits per heavy atom. The fraction of sp³-hybridized carbons (Fsp3) is 0.250. The van der Waals surface area contributed by atoms with Crippen LogP contribution in [0.4, 0.5) is 0 Å². The number of nitrogens with one attached hydrogen (secondary N) is 1. The van der Waals surface area contributed by atoms with Gasteiger partial charge in [-0.15, -0.1) is 0 Å². The van der Waals surface area contributed by atoms with Crippen molar-refractivity contribution >= 4 is 21.8 Å². The summed E-state index contributed by atoms with van der Waals surface area (Å²) in [6, 6.07) is 16.0. The molecule has 0 aliphatic heterocycles. The lowest BCUT2D eigenvalue weighted by molar-refractivity contribution is -0.108. The lowest BCUT2D eigenvalue weighted by Gasteiger charge is -2.16. The fourth-order valence-corrected chi connectivity index (χ4v) is 4.08. The summed E-state index contributed by atoms with van der Waals surface area (Å²) in [5.41, 5.74) is 2.41. The Labute approximate surface area is 149 Å². The molecular weight excluding hydrogens is 334 g/mol. The van der Waals surface area contributed by atoms with Gasteiger partial charge >= 0.3 is 0 Å². The Hall–Kier alpha value is -2.40. The average molecular weight is 357 g/mol. The normalized spacial score (nSPS) is 12.4. The lowest BCUT2D eigenvalue weighted by Crippen LogP contribution is -2.21. The first kappa shape index (κ1) is 18.9. The van der Waals surface area contributed by atoms with Gasteiger partial charge < -0.3 is 5.32 Å². The summed E-state index contributed by atoms with van der Waals surface area (Å²) >= 11 is 0. The van der Waals surface area contributed by atoms with E-state index in [1.165, 1.54) is 0 Å². The summed E-state index contributed by atoms with van der Waals surface area (Å²) in [6.07, 6.45) is 2.75. The molecule has 0 fully saturated rings. The summed E-state index contributed by atoms with van der Waals surface area (Å²) in [7, 11) is -3.82. The van der Waals surface area contributed by atoms with E-state index in [-0.39, 0.29) is 9.92 Å². The van der Waals surface area contributed by atoms with Crippen molar-refractivity contribution in [1.82, 2.24) is 5.32 Å². The third-order valence-electron chi connectivity index (χ3n) is 3.97. The van der Waals surface area contributed by atoms with Gasteiger partial charge in [-0.3, -0.25) is 4.79 Å². The van der Waals surface area contributed by atoms with Crippen LogP contribution in [0.5, 0.6) is 0 Å². The van der Waals surface area contributed by atoms with Crippen LogP contribution in [-0.2, 0) is 14.6 Å². The molecule has 2 aromatic carbocycles. The van der Waals surface area contributed by atoms with Gasteiger partial charge in [0.25, 0.3) is 0 Å². The molecule has 0 aliphatic rings. The van der Waals surface area contributed by atoms with Crippen molar-refractivity contribution in [2.24, 2.45) is 0 Å². The van der Waals surface area contributed by atoms with Crippen LogP contribution in [0.2, 0.25) is 0 Å². The second-order valence-electron chi connectivity index (χ2n) is 5.86. The molecule has 1 amide bonds. The third-order valence-corrected chi connectivity index (χ3v) is 5.76. The SMILES string of the molecule is CCCCC(=C(NC=O)S(=O)(=O)c1ccc(C)cc1)c1ccccc1. The van der Waals surface area contributed by atoms with Crippen molar-refractivity contribution in [1.29, 1.82) is 0 Å². The van der Waals surface area contributed by atoms with Crippen molar-refractivity contribution in [2.45, 2.75) is 38.0 Å². The van der Waals surface area contributed by atoms with Crippen molar-refractivity contribution in [3.63, 3.8) is 0 Å². The Morgan fingerprint density at radius 1 is 1.04 bits per heavy atom. The molecule has 4 nitrogen and oxygen atoms in total. The van der Waals surface area contributed by atoms with Gasteiger partial charge in [0.05, 0.1) is 4.90 Å². The van der Waals surface area contributed by atoms with Crippen molar-refractivity contribution in [2.75, 3.05) is 0 Å². The molecule has 1 N–H and O–H groups in total. The van der Waals surface area contributed by atoms with Crippen LogP contribution in [0.1, 0.15) is 37.3 Å². The molecule has 0 radical (unpaired) electrons. The fourth-order valence-electron chi connectivity index (χ4n) is 2.60. The molecule has 0 atom stereocenters. The van der Waals surface area contributed by atoms with E-state index in [4.69, 9.17) is 0 Å². The molecule has 0 unspecified atom stereocenters. The largest absolute Gasteiger partial charge is 0.319 e. The summed E-state index contributed by atoms with van der Waals surface area (Å²) < 4.78 is 26.3. The molecule has 0 saturated heterocycles.